The van der Waals surface area contributed by atoms with E-state index in [2.05, 4.69) is 23.5 Å². The summed E-state index contributed by atoms with van der Waals surface area (Å²) in [5.74, 6) is 1.53. The van der Waals surface area contributed by atoms with Crippen molar-refractivity contribution in [1.82, 2.24) is 15.1 Å². The lowest BCUT2D eigenvalue weighted by molar-refractivity contribution is 0.199. The molecule has 1 aromatic heterocycles. The highest BCUT2D eigenvalue weighted by Crippen LogP contribution is 2.46. The molecule has 2 rings (SSSR count). The van der Waals surface area contributed by atoms with Crippen LogP contribution >= 0.6 is 0 Å². The Morgan fingerprint density at radius 2 is 2.50 bits per heavy atom. The first-order valence-corrected chi connectivity index (χ1v) is 6.07. The molecule has 4 nitrogen and oxygen atoms in total. The summed E-state index contributed by atoms with van der Waals surface area (Å²) in [5, 5.41) is 7.73. The summed E-state index contributed by atoms with van der Waals surface area (Å²) in [6, 6.07) is 0. The molecule has 16 heavy (non-hydrogen) atoms. The van der Waals surface area contributed by atoms with Crippen molar-refractivity contribution in [1.29, 1.82) is 0 Å². The van der Waals surface area contributed by atoms with Gasteiger partial charge in [-0.1, -0.05) is 0 Å². The van der Waals surface area contributed by atoms with E-state index < -0.39 is 0 Å². The zero-order chi connectivity index (χ0) is 11.4. The van der Waals surface area contributed by atoms with Gasteiger partial charge in [-0.25, -0.2) is 0 Å². The number of ether oxygens (including phenoxy) is 1. The van der Waals surface area contributed by atoms with E-state index in [4.69, 9.17) is 4.74 Å². The topological polar surface area (TPSA) is 39.1 Å². The second kappa shape index (κ2) is 5.46. The Morgan fingerprint density at radius 3 is 3.19 bits per heavy atom. The molecule has 0 amide bonds. The molecule has 0 aliphatic heterocycles. The Balaban J connectivity index is 1.70. The molecule has 1 aliphatic rings. The van der Waals surface area contributed by atoms with E-state index in [9.17, 15) is 0 Å². The third-order valence-electron chi connectivity index (χ3n) is 3.22. The van der Waals surface area contributed by atoms with E-state index >= 15 is 0 Å². The summed E-state index contributed by atoms with van der Waals surface area (Å²) in [4.78, 5) is 0. The number of nitrogens with one attached hydrogen (secondary N) is 1. The number of nitrogens with zero attached hydrogens (tertiary/aromatic N) is 2. The Kier molecular flexibility index (Phi) is 3.96. The van der Waals surface area contributed by atoms with Crippen molar-refractivity contribution >= 4 is 0 Å². The molecule has 0 radical (unpaired) electrons. The maximum atomic E-state index is 5.00. The summed E-state index contributed by atoms with van der Waals surface area (Å²) in [6.07, 6.45) is 5.50. The average molecular weight is 223 g/mol. The minimum absolute atomic E-state index is 0.732. The van der Waals surface area contributed by atoms with Crippen molar-refractivity contribution in [3.8, 4) is 0 Å². The number of methoxy groups -OCH3 is 1. The fourth-order valence-corrected chi connectivity index (χ4v) is 2.09. The number of aryl methyl sites for hydroxylation is 1. The first kappa shape index (κ1) is 11.6. The molecule has 1 fully saturated rings. The van der Waals surface area contributed by atoms with Crippen molar-refractivity contribution in [2.75, 3.05) is 26.8 Å². The predicted octanol–water partition coefficient (Wildman–Crippen LogP) is 1.24. The molecular formula is C12H21N3O. The first-order valence-electron chi connectivity index (χ1n) is 6.07. The summed E-state index contributed by atoms with van der Waals surface area (Å²) >= 11 is 0. The Morgan fingerprint density at radius 1 is 1.62 bits per heavy atom. The molecule has 90 valence electrons. The maximum absolute atomic E-state index is 5.00. The maximum Gasteiger partial charge on any atom is 0.0587 e. The van der Waals surface area contributed by atoms with E-state index in [-0.39, 0.29) is 0 Å². The zero-order valence-electron chi connectivity index (χ0n) is 10.1. The van der Waals surface area contributed by atoms with E-state index in [1.54, 1.807) is 7.11 Å². The molecule has 0 saturated heterocycles. The lowest BCUT2D eigenvalue weighted by atomic mass is 10.2. The van der Waals surface area contributed by atoms with Gasteiger partial charge in [0.2, 0.25) is 0 Å². The van der Waals surface area contributed by atoms with Crippen LogP contribution in [0.1, 0.15) is 24.8 Å². The van der Waals surface area contributed by atoms with Crippen LogP contribution in [0.15, 0.2) is 12.4 Å². The third-order valence-corrected chi connectivity index (χ3v) is 3.22. The average Bonchev–Trinajstić information content (AvgIpc) is 2.91. The van der Waals surface area contributed by atoms with Crippen LogP contribution in [-0.2, 0) is 11.3 Å². The first-order chi connectivity index (χ1) is 7.85. The highest BCUT2D eigenvalue weighted by atomic mass is 16.5. The highest BCUT2D eigenvalue weighted by molar-refractivity contribution is 5.20. The van der Waals surface area contributed by atoms with Crippen molar-refractivity contribution in [3.63, 3.8) is 0 Å². The zero-order valence-corrected chi connectivity index (χ0v) is 10.1. The molecule has 1 aromatic rings. The van der Waals surface area contributed by atoms with Crippen molar-refractivity contribution < 1.29 is 4.74 Å². The summed E-state index contributed by atoms with van der Waals surface area (Å²) in [5.41, 5.74) is 1.40. The summed E-state index contributed by atoms with van der Waals surface area (Å²) in [6.45, 7) is 5.93. The van der Waals surface area contributed by atoms with Crippen LogP contribution in [-0.4, -0.2) is 36.6 Å². The number of hydrogen-bond donors (Lipinski definition) is 1. The molecule has 1 saturated carbocycles. The van der Waals surface area contributed by atoms with Gasteiger partial charge in [0.25, 0.3) is 0 Å². The smallest absolute Gasteiger partial charge is 0.0587 e. The standard InChI is InChI=1S/C12H21N3O/c1-3-15-9-11(8-14-15)12-6-10(12)7-13-4-5-16-2/h8-10,12-13H,3-7H2,1-2H3. The Hall–Kier alpha value is -0.870. The predicted molar refractivity (Wildman–Crippen MR) is 63.5 cm³/mol. The molecule has 0 bridgehead atoms. The fourth-order valence-electron chi connectivity index (χ4n) is 2.09. The van der Waals surface area contributed by atoms with Gasteiger partial charge < -0.3 is 10.1 Å². The normalized spacial score (nSPS) is 23.6. The second-order valence-corrected chi connectivity index (χ2v) is 4.43. The lowest BCUT2D eigenvalue weighted by Gasteiger charge is -2.02. The van der Waals surface area contributed by atoms with Gasteiger partial charge in [0.05, 0.1) is 12.8 Å². The molecule has 1 heterocycles. The van der Waals surface area contributed by atoms with Crippen molar-refractivity contribution in [3.05, 3.63) is 18.0 Å². The molecule has 1 aliphatic carbocycles. The van der Waals surface area contributed by atoms with Gasteiger partial charge in [-0.05, 0) is 37.3 Å². The van der Waals surface area contributed by atoms with Crippen LogP contribution in [0.3, 0.4) is 0 Å². The van der Waals surface area contributed by atoms with E-state index in [1.165, 1.54) is 12.0 Å². The van der Waals surface area contributed by atoms with E-state index in [0.717, 1.165) is 38.1 Å². The van der Waals surface area contributed by atoms with Crippen LogP contribution in [0.2, 0.25) is 0 Å². The monoisotopic (exact) mass is 223 g/mol. The van der Waals surface area contributed by atoms with E-state index in [0.29, 0.717) is 0 Å². The van der Waals surface area contributed by atoms with E-state index in [1.807, 2.05) is 10.9 Å². The summed E-state index contributed by atoms with van der Waals surface area (Å²) in [7, 11) is 1.74. The summed E-state index contributed by atoms with van der Waals surface area (Å²) < 4.78 is 7.00. The molecule has 4 heteroatoms. The molecular weight excluding hydrogens is 202 g/mol. The Labute approximate surface area is 97.0 Å². The highest BCUT2D eigenvalue weighted by Gasteiger charge is 2.38. The van der Waals surface area contributed by atoms with Gasteiger partial charge in [-0.2, -0.15) is 5.10 Å². The van der Waals surface area contributed by atoms with Crippen molar-refractivity contribution in [2.24, 2.45) is 5.92 Å². The number of rotatable bonds is 7. The Bertz CT molecular complexity index is 324. The van der Waals surface area contributed by atoms with Gasteiger partial charge in [0.1, 0.15) is 0 Å². The molecule has 0 aromatic carbocycles. The van der Waals surface area contributed by atoms with Gasteiger partial charge in [0.15, 0.2) is 0 Å². The van der Waals surface area contributed by atoms with Crippen LogP contribution in [0, 0.1) is 5.92 Å². The van der Waals surface area contributed by atoms with Crippen LogP contribution < -0.4 is 5.32 Å². The van der Waals surface area contributed by atoms with Gasteiger partial charge in [0, 0.05) is 26.4 Å². The van der Waals surface area contributed by atoms with Gasteiger partial charge >= 0.3 is 0 Å². The lowest BCUT2D eigenvalue weighted by Crippen LogP contribution is -2.21. The minimum Gasteiger partial charge on any atom is -0.383 e. The molecule has 2 atom stereocenters. The fraction of sp³-hybridized carbons (Fsp3) is 0.750. The van der Waals surface area contributed by atoms with Gasteiger partial charge in [-0.15, -0.1) is 0 Å². The number of aromatic nitrogens is 2. The molecule has 2 unspecified atom stereocenters. The van der Waals surface area contributed by atoms with Gasteiger partial charge in [-0.3, -0.25) is 4.68 Å². The minimum atomic E-state index is 0.732. The SMILES string of the molecule is CCn1cc(C2CC2CNCCOC)cn1. The van der Waals surface area contributed by atoms with Crippen LogP contribution in [0.4, 0.5) is 0 Å². The second-order valence-electron chi connectivity index (χ2n) is 4.43. The number of hydrogen-bond acceptors (Lipinski definition) is 3. The van der Waals surface area contributed by atoms with Crippen molar-refractivity contribution in [2.45, 2.75) is 25.8 Å². The largest absolute Gasteiger partial charge is 0.383 e. The third kappa shape index (κ3) is 2.83. The van der Waals surface area contributed by atoms with Crippen LogP contribution in [0.5, 0.6) is 0 Å². The molecule has 0 spiro atoms. The quantitative estimate of drug-likeness (QED) is 0.707. The van der Waals surface area contributed by atoms with Crippen LogP contribution in [0.25, 0.3) is 0 Å². The molecule has 1 N–H and O–H groups in total.